The minimum Gasteiger partial charge on any atom is -0.353 e. The van der Waals surface area contributed by atoms with Gasteiger partial charge in [0.15, 0.2) is 18.0 Å². The lowest BCUT2D eigenvalue weighted by atomic mass is 9.96. The second-order valence-corrected chi connectivity index (χ2v) is 11.0. The van der Waals surface area contributed by atoms with Crippen molar-refractivity contribution in [3.05, 3.63) is 77.5 Å². The number of aromatic nitrogens is 1. The number of nitrogens with one attached hydrogen (secondary N) is 2. The van der Waals surface area contributed by atoms with E-state index in [2.05, 4.69) is 34.5 Å². The fourth-order valence-corrected chi connectivity index (χ4v) is 5.16. The number of amides is 1. The van der Waals surface area contributed by atoms with E-state index in [-0.39, 0.29) is 86.6 Å². The molecule has 0 saturated heterocycles. The number of pyridine rings is 1. The molecule has 0 saturated carbocycles. The van der Waals surface area contributed by atoms with Crippen LogP contribution < -0.4 is 27.5 Å². The van der Waals surface area contributed by atoms with Gasteiger partial charge in [-0.15, -0.1) is 62.0 Å². The zero-order valence-electron chi connectivity index (χ0n) is 25.9. The van der Waals surface area contributed by atoms with Gasteiger partial charge < -0.3 is 27.0 Å². The van der Waals surface area contributed by atoms with Crippen molar-refractivity contribution in [2.75, 3.05) is 39.8 Å². The molecule has 3 aromatic rings. The molecule has 11 N–H and O–H groups in total. The number of aromatic amines is 1. The van der Waals surface area contributed by atoms with E-state index in [1.165, 1.54) is 12.1 Å². The van der Waals surface area contributed by atoms with Crippen LogP contribution in [-0.2, 0) is 28.6 Å². The number of nitrogens with zero attached hydrogens (tertiary/aromatic N) is 1. The Balaban J connectivity index is -0.00000370. The minimum absolute atomic E-state index is 0. The molecule has 16 heteroatoms. The molecule has 262 valence electrons. The molecule has 8 nitrogen and oxygen atoms in total. The number of carbonyl (C=O) groups excluding carboxylic acids is 2. The summed E-state index contributed by atoms with van der Waals surface area (Å²) >= 11 is 0. The molecule has 3 rings (SSSR count). The molecule has 0 aliphatic heterocycles. The molecule has 0 bridgehead atoms. The average Bonchev–Trinajstić information content (AvgIpc) is 2.92. The van der Waals surface area contributed by atoms with Gasteiger partial charge in [0.25, 0.3) is 5.91 Å². The molecule has 0 aliphatic rings. The van der Waals surface area contributed by atoms with Crippen LogP contribution in [0.4, 0.5) is 13.2 Å². The highest BCUT2D eigenvalue weighted by Gasteiger charge is 2.31. The van der Waals surface area contributed by atoms with Gasteiger partial charge in [0.1, 0.15) is 26.2 Å². The smallest absolute Gasteiger partial charge is 0.353 e. The van der Waals surface area contributed by atoms with Crippen LogP contribution in [0.3, 0.4) is 0 Å². The first-order valence-corrected chi connectivity index (χ1v) is 14.1. The molecule has 1 amide bonds. The Morgan fingerprint density at radius 1 is 0.891 bits per heavy atom. The summed E-state index contributed by atoms with van der Waals surface area (Å²) < 4.78 is 40.0. The van der Waals surface area contributed by atoms with Gasteiger partial charge in [-0.25, -0.2) is 4.98 Å². The molecule has 0 spiro atoms. The van der Waals surface area contributed by atoms with Crippen molar-refractivity contribution < 1.29 is 49.4 Å². The lowest BCUT2D eigenvalue weighted by Gasteiger charge is -2.32. The number of H-pyrrole nitrogens is 1. The van der Waals surface area contributed by atoms with Crippen molar-refractivity contribution in [1.29, 1.82) is 0 Å². The van der Waals surface area contributed by atoms with Crippen LogP contribution in [-0.4, -0.2) is 68.0 Å². The van der Waals surface area contributed by atoms with E-state index in [0.29, 0.717) is 12.0 Å². The van der Waals surface area contributed by atoms with E-state index in [1.807, 2.05) is 36.5 Å². The highest BCUT2D eigenvalue weighted by molar-refractivity contribution is 5.92. The second kappa shape index (κ2) is 22.6. The highest BCUT2D eigenvalue weighted by Crippen LogP contribution is 2.29. The van der Waals surface area contributed by atoms with Crippen LogP contribution in [0.15, 0.2) is 60.8 Å². The summed E-state index contributed by atoms with van der Waals surface area (Å²) in [6, 6.07) is 12.7. The zero-order valence-corrected chi connectivity index (χ0v) is 29.9. The van der Waals surface area contributed by atoms with Crippen molar-refractivity contribution >= 4 is 84.6 Å². The first kappa shape index (κ1) is 48.5. The van der Waals surface area contributed by atoms with E-state index in [9.17, 15) is 22.8 Å². The predicted octanol–water partition coefficient (Wildman–Crippen LogP) is 1.94. The third-order valence-electron chi connectivity index (χ3n) is 7.55. The van der Waals surface area contributed by atoms with Gasteiger partial charge in [-0.2, -0.15) is 13.2 Å². The Kier molecular flexibility index (Phi) is 23.8. The van der Waals surface area contributed by atoms with Gasteiger partial charge >= 0.3 is 6.18 Å². The standard InChI is InChI=1S/C30H39F3N6O2.5ClH/c1-39(16-12-34,17-13-35)15-3-5-25(36)29(41)38-27(19-21-6-9-24(10-7-21)30(31,32)33)28(40)20-22-8-11-26-23(18-22)4-2-14-37-26;;;;;/h2,4,6-11,14,18,25,27H,3,5,12-13,15-17,19-20,34-36H2,1H3;5*1H/p+5/t25-,27-;;;;;/m0...../s1. The molecule has 2 atom stereocenters. The summed E-state index contributed by atoms with van der Waals surface area (Å²) in [7, 11) is 2.16. The van der Waals surface area contributed by atoms with Crippen molar-refractivity contribution in [1.82, 2.24) is 5.32 Å². The number of likely N-dealkylation sites (N-methyl/N-ethyl adjacent to an activating group) is 1. The van der Waals surface area contributed by atoms with Crippen molar-refractivity contribution in [3.8, 4) is 0 Å². The average molecular weight is 760 g/mol. The summed E-state index contributed by atoms with van der Waals surface area (Å²) in [6.07, 6.45) is -1.14. The molecule has 46 heavy (non-hydrogen) atoms. The molecule has 1 heterocycles. The molecular weight excluding hydrogens is 711 g/mol. The van der Waals surface area contributed by atoms with Gasteiger partial charge in [-0.05, 0) is 41.8 Å². The van der Waals surface area contributed by atoms with Crippen LogP contribution in [0, 0.1) is 0 Å². The van der Waals surface area contributed by atoms with Crippen molar-refractivity contribution in [3.63, 3.8) is 0 Å². The minimum atomic E-state index is -4.45. The van der Waals surface area contributed by atoms with Crippen LogP contribution in [0.25, 0.3) is 10.9 Å². The summed E-state index contributed by atoms with van der Waals surface area (Å²) in [4.78, 5) is 29.8. The molecule has 2 aromatic carbocycles. The topological polar surface area (TPSA) is 143 Å². The van der Waals surface area contributed by atoms with Gasteiger partial charge in [-0.1, -0.05) is 18.2 Å². The van der Waals surface area contributed by atoms with Gasteiger partial charge in [-0.3, -0.25) is 9.59 Å². The maximum absolute atomic E-state index is 13.5. The Hall–Kier alpha value is -1.93. The molecule has 0 radical (unpaired) electrons. The highest BCUT2D eigenvalue weighted by atomic mass is 35.5. The number of Topliss-reactive ketones (excluding diaryl/α,β-unsaturated/α-hetero) is 1. The molecule has 1 aromatic heterocycles. The van der Waals surface area contributed by atoms with E-state index < -0.39 is 23.8 Å². The Labute approximate surface area is 299 Å². The molecule has 0 fully saturated rings. The lowest BCUT2D eigenvalue weighted by molar-refractivity contribution is -0.918. The number of ketones is 1. The SMILES string of the molecule is C[N+](CC[NH3+])(CC[NH3+])CCC[C@H]([NH3+])C(=O)N[C@@H](Cc1ccc(C(F)(F)F)cc1)C(=O)Cc1ccc2[nH+]cccc2c1.Cl.Cl.Cl.Cl.Cl. The fourth-order valence-electron chi connectivity index (χ4n) is 5.16. The number of benzene rings is 2. The van der Waals surface area contributed by atoms with Crippen LogP contribution in [0.2, 0.25) is 0 Å². The summed E-state index contributed by atoms with van der Waals surface area (Å²) in [5.41, 5.74) is 13.5. The number of fused-ring (bicyclic) bond motifs is 1. The number of hydrogen-bond acceptors (Lipinski definition) is 2. The van der Waals surface area contributed by atoms with Crippen molar-refractivity contribution in [2.45, 2.75) is 43.9 Å². The summed E-state index contributed by atoms with van der Waals surface area (Å²) in [5, 5.41) is 3.81. The lowest BCUT2D eigenvalue weighted by Crippen LogP contribution is -2.69. The monoisotopic (exact) mass is 757 g/mol. The Morgan fingerprint density at radius 2 is 1.48 bits per heavy atom. The predicted molar refractivity (Wildman–Crippen MR) is 185 cm³/mol. The molecule has 0 aliphatic carbocycles. The Morgan fingerprint density at radius 3 is 2.04 bits per heavy atom. The van der Waals surface area contributed by atoms with E-state index >= 15 is 0 Å². The first-order chi connectivity index (χ1) is 19.4. The summed E-state index contributed by atoms with van der Waals surface area (Å²) in [5.74, 6) is -0.563. The van der Waals surface area contributed by atoms with E-state index in [4.69, 9.17) is 0 Å². The van der Waals surface area contributed by atoms with Gasteiger partial charge in [0, 0.05) is 36.8 Å². The third-order valence-corrected chi connectivity index (χ3v) is 7.55. The number of quaternary nitrogens is 4. The number of alkyl halides is 3. The van der Waals surface area contributed by atoms with E-state index in [0.717, 1.165) is 72.2 Å². The van der Waals surface area contributed by atoms with Crippen LogP contribution in [0.1, 0.15) is 29.5 Å². The van der Waals surface area contributed by atoms with Gasteiger partial charge in [0.05, 0.1) is 25.2 Å². The van der Waals surface area contributed by atoms with Gasteiger partial charge in [0.2, 0.25) is 5.52 Å². The number of halogens is 8. The first-order valence-electron chi connectivity index (χ1n) is 14.1. The molecule has 0 unspecified atom stereocenters. The van der Waals surface area contributed by atoms with Crippen molar-refractivity contribution in [2.24, 2.45) is 0 Å². The normalized spacial score (nSPS) is 12.2. The van der Waals surface area contributed by atoms with Crippen LogP contribution >= 0.6 is 62.0 Å². The number of rotatable bonds is 15. The summed E-state index contributed by atoms with van der Waals surface area (Å²) in [6.45, 7) is 4.36. The quantitative estimate of drug-likeness (QED) is 0.176. The fraction of sp³-hybridized carbons (Fsp3) is 0.433. The van der Waals surface area contributed by atoms with E-state index in [1.54, 1.807) is 0 Å². The maximum atomic E-state index is 13.5. The zero-order chi connectivity index (χ0) is 30.0. The Bertz CT molecular complexity index is 1320. The largest absolute Gasteiger partial charge is 0.416 e. The maximum Gasteiger partial charge on any atom is 0.416 e. The number of carbonyl (C=O) groups is 2. The molecular formula is C30H49Cl5F3N6O2+5. The van der Waals surface area contributed by atoms with Crippen LogP contribution in [0.5, 0.6) is 0 Å². The second-order valence-electron chi connectivity index (χ2n) is 11.0. The number of hydrogen-bond donors (Lipinski definition) is 4. The third kappa shape index (κ3) is 14.9.